The molecule has 0 aliphatic heterocycles. The highest BCUT2D eigenvalue weighted by Crippen LogP contribution is 2.28. The van der Waals surface area contributed by atoms with Crippen LogP contribution in [0.15, 0.2) is 30.3 Å². The summed E-state index contributed by atoms with van der Waals surface area (Å²) in [7, 11) is 0. The third kappa shape index (κ3) is 5.34. The second-order valence-electron chi connectivity index (χ2n) is 5.79. The number of nitro benzene ring substituents is 1. The molecule has 0 bridgehead atoms. The lowest BCUT2D eigenvalue weighted by Gasteiger charge is -2.10. The van der Waals surface area contributed by atoms with Crippen LogP contribution in [0, 0.1) is 24.0 Å². The summed E-state index contributed by atoms with van der Waals surface area (Å²) in [5, 5.41) is 14.2. The van der Waals surface area contributed by atoms with E-state index in [4.69, 9.17) is 27.9 Å². The molecule has 2 aromatic rings. The van der Waals surface area contributed by atoms with E-state index in [9.17, 15) is 14.9 Å². The number of nitro groups is 1. The molecule has 0 saturated heterocycles. The number of rotatable bonds is 7. The minimum Gasteiger partial charge on any atom is -0.494 e. The average molecular weight is 397 g/mol. The van der Waals surface area contributed by atoms with Crippen molar-refractivity contribution < 1.29 is 14.5 Å². The molecule has 0 aliphatic rings. The fraction of sp³-hybridized carbons (Fsp3) is 0.278. The van der Waals surface area contributed by atoms with E-state index < -0.39 is 4.92 Å². The van der Waals surface area contributed by atoms with Crippen LogP contribution in [-0.2, 0) is 4.79 Å². The summed E-state index contributed by atoms with van der Waals surface area (Å²) in [4.78, 5) is 22.2. The minimum atomic E-state index is -0.595. The maximum atomic E-state index is 12.0. The predicted octanol–water partition coefficient (Wildman–Crippen LogP) is 5.32. The molecule has 1 N–H and O–H groups in total. The van der Waals surface area contributed by atoms with Crippen LogP contribution in [0.1, 0.15) is 24.0 Å². The molecule has 0 saturated carbocycles. The molecule has 2 aromatic carbocycles. The first-order valence-corrected chi connectivity index (χ1v) is 8.67. The fourth-order valence-corrected chi connectivity index (χ4v) is 2.66. The maximum Gasteiger partial charge on any atom is 0.289 e. The molecule has 0 fully saturated rings. The van der Waals surface area contributed by atoms with Gasteiger partial charge in [-0.25, -0.2) is 0 Å². The van der Waals surface area contributed by atoms with E-state index in [0.29, 0.717) is 29.5 Å². The number of aryl methyl sites for hydroxylation is 2. The van der Waals surface area contributed by atoms with E-state index in [1.54, 1.807) is 0 Å². The first-order chi connectivity index (χ1) is 12.3. The molecular weight excluding hydrogens is 379 g/mol. The maximum absolute atomic E-state index is 12.0. The number of anilines is 1. The Morgan fingerprint density at radius 2 is 1.85 bits per heavy atom. The molecule has 0 aliphatic carbocycles. The van der Waals surface area contributed by atoms with Gasteiger partial charge in [-0.3, -0.25) is 14.9 Å². The van der Waals surface area contributed by atoms with Gasteiger partial charge >= 0.3 is 0 Å². The van der Waals surface area contributed by atoms with E-state index in [2.05, 4.69) is 5.32 Å². The second kappa shape index (κ2) is 8.87. The van der Waals surface area contributed by atoms with Crippen molar-refractivity contribution in [2.45, 2.75) is 26.7 Å². The number of halogens is 2. The Bertz CT molecular complexity index is 817. The van der Waals surface area contributed by atoms with Gasteiger partial charge in [0.2, 0.25) is 5.91 Å². The monoisotopic (exact) mass is 396 g/mol. The quantitative estimate of drug-likeness (QED) is 0.390. The number of nitrogens with one attached hydrogen (secondary N) is 1. The van der Waals surface area contributed by atoms with Gasteiger partial charge in [-0.1, -0.05) is 23.2 Å². The number of hydrogen-bond acceptors (Lipinski definition) is 4. The zero-order valence-corrected chi connectivity index (χ0v) is 15.9. The van der Waals surface area contributed by atoms with Gasteiger partial charge in [0.25, 0.3) is 5.69 Å². The molecule has 0 atom stereocenters. The highest BCUT2D eigenvalue weighted by Gasteiger charge is 2.14. The number of carbonyl (C=O) groups is 1. The van der Waals surface area contributed by atoms with Crippen molar-refractivity contribution in [3.8, 4) is 5.75 Å². The molecule has 26 heavy (non-hydrogen) atoms. The highest BCUT2D eigenvalue weighted by molar-refractivity contribution is 6.32. The summed E-state index contributed by atoms with van der Waals surface area (Å²) in [6.07, 6.45) is 0.726. The molecule has 0 unspecified atom stereocenters. The van der Waals surface area contributed by atoms with Crippen LogP contribution in [0.25, 0.3) is 0 Å². The molecule has 8 heteroatoms. The Kier molecular flexibility index (Phi) is 6.83. The second-order valence-corrected chi connectivity index (χ2v) is 6.58. The van der Waals surface area contributed by atoms with Crippen molar-refractivity contribution in [1.82, 2.24) is 0 Å². The summed E-state index contributed by atoms with van der Waals surface area (Å²) in [5.74, 6) is 0.451. The Balaban J connectivity index is 1.82. The van der Waals surface area contributed by atoms with Gasteiger partial charge in [0.15, 0.2) is 0 Å². The van der Waals surface area contributed by atoms with Crippen LogP contribution in [0.3, 0.4) is 0 Å². The topological polar surface area (TPSA) is 81.5 Å². The van der Waals surface area contributed by atoms with Crippen molar-refractivity contribution in [2.75, 3.05) is 11.9 Å². The van der Waals surface area contributed by atoms with Crippen molar-refractivity contribution in [1.29, 1.82) is 0 Å². The third-order valence-corrected chi connectivity index (χ3v) is 4.57. The lowest BCUT2D eigenvalue weighted by molar-refractivity contribution is -0.384. The fourth-order valence-electron chi connectivity index (χ4n) is 2.37. The molecular formula is C18H18Cl2N2O4. The standard InChI is InChI=1S/C18H18Cl2N2O4/c1-11-8-14(9-12(2)18(11)20)26-7-3-4-17(23)21-13-5-6-15(19)16(10-13)22(24)25/h5-6,8-10H,3-4,7H2,1-2H3,(H,21,23). The lowest BCUT2D eigenvalue weighted by Crippen LogP contribution is -2.13. The number of carbonyl (C=O) groups excluding carboxylic acids is 1. The summed E-state index contributed by atoms with van der Waals surface area (Å²) in [5.41, 5.74) is 1.95. The van der Waals surface area contributed by atoms with E-state index in [0.717, 1.165) is 11.1 Å². The van der Waals surface area contributed by atoms with Crippen LogP contribution < -0.4 is 10.1 Å². The summed E-state index contributed by atoms with van der Waals surface area (Å²) in [6, 6.07) is 7.83. The third-order valence-electron chi connectivity index (χ3n) is 3.65. The Morgan fingerprint density at radius 3 is 2.46 bits per heavy atom. The lowest BCUT2D eigenvalue weighted by atomic mass is 10.1. The van der Waals surface area contributed by atoms with Crippen molar-refractivity contribution in [2.24, 2.45) is 0 Å². The number of benzene rings is 2. The first kappa shape index (κ1) is 20.0. The molecule has 0 radical (unpaired) electrons. The normalized spacial score (nSPS) is 10.5. The molecule has 138 valence electrons. The van der Waals surface area contributed by atoms with Crippen LogP contribution in [0.5, 0.6) is 5.75 Å². The van der Waals surface area contributed by atoms with Gasteiger partial charge in [0.05, 0.1) is 11.5 Å². The van der Waals surface area contributed by atoms with Gasteiger partial charge in [-0.2, -0.15) is 0 Å². The van der Waals surface area contributed by atoms with Gasteiger partial charge < -0.3 is 10.1 Å². The molecule has 0 heterocycles. The molecule has 2 rings (SSSR count). The zero-order valence-electron chi connectivity index (χ0n) is 14.3. The van der Waals surface area contributed by atoms with Gasteiger partial charge in [-0.15, -0.1) is 0 Å². The molecule has 0 aromatic heterocycles. The van der Waals surface area contributed by atoms with E-state index in [1.807, 2.05) is 26.0 Å². The smallest absolute Gasteiger partial charge is 0.289 e. The number of nitrogens with zero attached hydrogens (tertiary/aromatic N) is 1. The first-order valence-electron chi connectivity index (χ1n) is 7.91. The number of amides is 1. The SMILES string of the molecule is Cc1cc(OCCCC(=O)Nc2ccc(Cl)c([N+](=O)[O-])c2)cc(C)c1Cl. The van der Waals surface area contributed by atoms with Crippen LogP contribution >= 0.6 is 23.2 Å². The Morgan fingerprint density at radius 1 is 1.19 bits per heavy atom. The molecule has 6 nitrogen and oxygen atoms in total. The Labute approximate surface area is 161 Å². The average Bonchev–Trinajstić information content (AvgIpc) is 2.58. The minimum absolute atomic E-state index is 0.0231. The van der Waals surface area contributed by atoms with Crippen LogP contribution in [-0.4, -0.2) is 17.4 Å². The van der Waals surface area contributed by atoms with Crippen molar-refractivity contribution in [3.05, 3.63) is 61.6 Å². The van der Waals surface area contributed by atoms with E-state index >= 15 is 0 Å². The van der Waals surface area contributed by atoms with Crippen LogP contribution in [0.4, 0.5) is 11.4 Å². The summed E-state index contributed by atoms with van der Waals surface area (Å²) in [6.45, 7) is 4.18. The zero-order chi connectivity index (χ0) is 19.3. The van der Waals surface area contributed by atoms with Crippen molar-refractivity contribution in [3.63, 3.8) is 0 Å². The molecule has 0 spiro atoms. The van der Waals surface area contributed by atoms with E-state index in [1.165, 1.54) is 18.2 Å². The number of ether oxygens (including phenoxy) is 1. The summed E-state index contributed by atoms with van der Waals surface area (Å²) < 4.78 is 5.64. The predicted molar refractivity (Wildman–Crippen MR) is 102 cm³/mol. The van der Waals surface area contributed by atoms with Crippen molar-refractivity contribution >= 4 is 40.5 Å². The largest absolute Gasteiger partial charge is 0.494 e. The highest BCUT2D eigenvalue weighted by atomic mass is 35.5. The van der Waals surface area contributed by atoms with Gasteiger partial charge in [-0.05, 0) is 55.7 Å². The van der Waals surface area contributed by atoms with Gasteiger partial charge in [0, 0.05) is 23.2 Å². The van der Waals surface area contributed by atoms with Gasteiger partial charge in [0.1, 0.15) is 10.8 Å². The summed E-state index contributed by atoms with van der Waals surface area (Å²) >= 11 is 11.9. The number of hydrogen-bond donors (Lipinski definition) is 1. The molecule has 1 amide bonds. The van der Waals surface area contributed by atoms with E-state index in [-0.39, 0.29) is 23.0 Å². The van der Waals surface area contributed by atoms with Crippen LogP contribution in [0.2, 0.25) is 10.0 Å². The Hall–Kier alpha value is -2.31.